The zero-order chi connectivity index (χ0) is 21.4. The van der Waals surface area contributed by atoms with Crippen LogP contribution in [-0.2, 0) is 4.74 Å². The highest BCUT2D eigenvalue weighted by atomic mass is 16.5. The van der Waals surface area contributed by atoms with Gasteiger partial charge in [0.25, 0.3) is 0 Å². The molecule has 1 aliphatic rings. The second-order valence-electron chi connectivity index (χ2n) is 7.11. The number of nitrogens with two attached hydrogens (primary N) is 1. The van der Waals surface area contributed by atoms with Crippen LogP contribution in [0.3, 0.4) is 0 Å². The summed E-state index contributed by atoms with van der Waals surface area (Å²) in [5, 5.41) is 18.5. The molecule has 0 saturated carbocycles. The molecule has 31 heavy (non-hydrogen) atoms. The third kappa shape index (κ3) is 3.53. The number of benzene rings is 2. The first-order valence-corrected chi connectivity index (χ1v) is 9.76. The summed E-state index contributed by atoms with van der Waals surface area (Å²) in [6.07, 6.45) is 0. The Morgan fingerprint density at radius 3 is 2.65 bits per heavy atom. The van der Waals surface area contributed by atoms with E-state index in [1.54, 1.807) is 47.1 Å². The van der Waals surface area contributed by atoms with Crippen LogP contribution < -0.4 is 10.6 Å². The highest BCUT2D eigenvalue weighted by molar-refractivity contribution is 5.93. The van der Waals surface area contributed by atoms with Crippen LogP contribution in [0.5, 0.6) is 5.75 Å². The van der Waals surface area contributed by atoms with Crippen LogP contribution in [0.2, 0.25) is 0 Å². The zero-order valence-electron chi connectivity index (χ0n) is 16.5. The van der Waals surface area contributed by atoms with E-state index in [-0.39, 0.29) is 5.75 Å². The number of aromatic hydroxyl groups is 1. The average molecular weight is 417 g/mol. The molecule has 3 heterocycles. The number of phenols is 1. The first kappa shape index (κ1) is 18.9. The number of rotatable bonds is 4. The van der Waals surface area contributed by atoms with E-state index in [0.29, 0.717) is 65.9 Å². The molecule has 5 rings (SSSR count). The maximum atomic E-state index is 11.6. The highest BCUT2D eigenvalue weighted by Gasteiger charge is 2.22. The van der Waals surface area contributed by atoms with E-state index in [9.17, 15) is 9.90 Å². The molecular formula is C21H19N7O3. The van der Waals surface area contributed by atoms with E-state index in [4.69, 9.17) is 20.4 Å². The molecule has 1 amide bonds. The van der Waals surface area contributed by atoms with Crippen LogP contribution in [0, 0.1) is 0 Å². The molecule has 0 unspecified atom stereocenters. The average Bonchev–Trinajstić information content (AvgIpc) is 3.23. The normalized spacial score (nSPS) is 14.1. The molecule has 0 atom stereocenters. The molecule has 1 saturated heterocycles. The van der Waals surface area contributed by atoms with Gasteiger partial charge >= 0.3 is 0 Å². The molecule has 1 fully saturated rings. The summed E-state index contributed by atoms with van der Waals surface area (Å²) in [5.41, 5.74) is 8.08. The molecular weight excluding hydrogens is 398 g/mol. The monoisotopic (exact) mass is 417 g/mol. The van der Waals surface area contributed by atoms with Crippen molar-refractivity contribution in [2.45, 2.75) is 0 Å². The summed E-state index contributed by atoms with van der Waals surface area (Å²) in [4.78, 5) is 23.2. The number of ether oxygens (including phenoxy) is 1. The van der Waals surface area contributed by atoms with Crippen molar-refractivity contribution in [2.75, 3.05) is 31.2 Å². The van der Waals surface area contributed by atoms with Gasteiger partial charge in [-0.1, -0.05) is 23.4 Å². The van der Waals surface area contributed by atoms with Gasteiger partial charge in [-0.25, -0.2) is 9.97 Å². The molecule has 1 aliphatic heterocycles. The molecule has 0 radical (unpaired) electrons. The van der Waals surface area contributed by atoms with Gasteiger partial charge in [-0.2, -0.15) is 4.68 Å². The topological polar surface area (TPSA) is 132 Å². The zero-order valence-corrected chi connectivity index (χ0v) is 16.5. The fourth-order valence-electron chi connectivity index (χ4n) is 3.54. The lowest BCUT2D eigenvalue weighted by molar-refractivity contribution is 0.1000. The predicted octanol–water partition coefficient (Wildman–Crippen LogP) is 1.52. The maximum absolute atomic E-state index is 11.6. The Morgan fingerprint density at radius 2 is 1.87 bits per heavy atom. The Bertz CT molecular complexity index is 1280. The van der Waals surface area contributed by atoms with E-state index >= 15 is 0 Å². The Balaban J connectivity index is 1.73. The van der Waals surface area contributed by atoms with Crippen LogP contribution in [-0.4, -0.2) is 62.3 Å². The van der Waals surface area contributed by atoms with E-state index in [2.05, 4.69) is 15.2 Å². The van der Waals surface area contributed by atoms with Gasteiger partial charge in [-0.05, 0) is 30.3 Å². The summed E-state index contributed by atoms with van der Waals surface area (Å²) in [7, 11) is 0. The summed E-state index contributed by atoms with van der Waals surface area (Å²) < 4.78 is 7.03. The fraction of sp³-hybridized carbons (Fsp3) is 0.190. The molecule has 4 aromatic rings. The van der Waals surface area contributed by atoms with Gasteiger partial charge in [0.2, 0.25) is 5.91 Å². The first-order chi connectivity index (χ1) is 15.1. The quantitative estimate of drug-likeness (QED) is 0.511. The number of aromatic nitrogens is 5. The van der Waals surface area contributed by atoms with Gasteiger partial charge in [0.15, 0.2) is 22.8 Å². The van der Waals surface area contributed by atoms with Gasteiger partial charge in [-0.15, -0.1) is 5.10 Å². The summed E-state index contributed by atoms with van der Waals surface area (Å²) >= 11 is 0. The molecule has 156 valence electrons. The van der Waals surface area contributed by atoms with E-state index in [0.717, 1.165) is 0 Å². The Hall–Kier alpha value is -4.05. The number of hydrogen-bond donors (Lipinski definition) is 2. The predicted molar refractivity (Wildman–Crippen MR) is 113 cm³/mol. The molecule has 0 aliphatic carbocycles. The number of phenolic OH excluding ortho intramolecular Hbond substituents is 1. The summed E-state index contributed by atoms with van der Waals surface area (Å²) in [5.74, 6) is 0.661. The van der Waals surface area contributed by atoms with Crippen molar-refractivity contribution < 1.29 is 14.6 Å². The lowest BCUT2D eigenvalue weighted by Crippen LogP contribution is -2.37. The number of morpholine rings is 1. The lowest BCUT2D eigenvalue weighted by Gasteiger charge is -2.27. The van der Waals surface area contributed by atoms with Crippen molar-refractivity contribution in [1.29, 1.82) is 0 Å². The number of hydrogen-bond acceptors (Lipinski definition) is 8. The van der Waals surface area contributed by atoms with Crippen LogP contribution in [0.4, 0.5) is 5.82 Å². The minimum Gasteiger partial charge on any atom is -0.508 e. The Kier molecular flexibility index (Phi) is 4.68. The molecule has 0 spiro atoms. The van der Waals surface area contributed by atoms with Crippen molar-refractivity contribution in [1.82, 2.24) is 25.0 Å². The number of carbonyl (C=O) groups is 1. The minimum absolute atomic E-state index is 0.120. The van der Waals surface area contributed by atoms with Gasteiger partial charge in [0.1, 0.15) is 5.75 Å². The maximum Gasteiger partial charge on any atom is 0.248 e. The van der Waals surface area contributed by atoms with E-state index < -0.39 is 5.91 Å². The van der Waals surface area contributed by atoms with Gasteiger partial charge < -0.3 is 20.5 Å². The highest BCUT2D eigenvalue weighted by Crippen LogP contribution is 2.29. The van der Waals surface area contributed by atoms with Crippen molar-refractivity contribution in [3.63, 3.8) is 0 Å². The minimum atomic E-state index is -0.532. The molecule has 2 aromatic heterocycles. The number of amides is 1. The van der Waals surface area contributed by atoms with Gasteiger partial charge in [0.05, 0.1) is 18.9 Å². The Morgan fingerprint density at radius 1 is 1.06 bits per heavy atom. The van der Waals surface area contributed by atoms with Crippen LogP contribution in [0.1, 0.15) is 10.4 Å². The van der Waals surface area contributed by atoms with Crippen molar-refractivity contribution in [3.8, 4) is 22.8 Å². The molecule has 2 aromatic carbocycles. The molecule has 10 nitrogen and oxygen atoms in total. The third-order valence-corrected chi connectivity index (χ3v) is 5.07. The Labute approximate surface area is 176 Å². The lowest BCUT2D eigenvalue weighted by atomic mass is 10.2. The SMILES string of the molecule is NC(=O)c1cccc(-n2nnc3c(N4CCOCC4)nc(-c4cccc(O)c4)nc32)c1. The van der Waals surface area contributed by atoms with Crippen molar-refractivity contribution in [3.05, 3.63) is 54.1 Å². The second kappa shape index (κ2) is 7.65. The summed E-state index contributed by atoms with van der Waals surface area (Å²) in [6.45, 7) is 2.49. The van der Waals surface area contributed by atoms with Crippen molar-refractivity contribution >= 4 is 22.9 Å². The van der Waals surface area contributed by atoms with Crippen LogP contribution in [0.25, 0.3) is 28.2 Å². The standard InChI is InChI=1S/C21H19N7O3/c22-18(30)13-3-1-5-15(11-13)28-21-17(25-26-28)20(27-7-9-31-10-8-27)23-19(24-21)14-4-2-6-16(29)12-14/h1-6,11-12,29H,7-10H2,(H2,22,30). The number of nitrogens with zero attached hydrogens (tertiary/aromatic N) is 6. The number of anilines is 1. The first-order valence-electron chi connectivity index (χ1n) is 9.76. The van der Waals surface area contributed by atoms with Crippen LogP contribution >= 0.6 is 0 Å². The largest absolute Gasteiger partial charge is 0.508 e. The second-order valence-corrected chi connectivity index (χ2v) is 7.11. The smallest absolute Gasteiger partial charge is 0.248 e. The number of carbonyl (C=O) groups excluding carboxylic acids is 1. The fourth-order valence-corrected chi connectivity index (χ4v) is 3.54. The number of fused-ring (bicyclic) bond motifs is 1. The van der Waals surface area contributed by atoms with E-state index in [1.807, 2.05) is 6.07 Å². The van der Waals surface area contributed by atoms with E-state index in [1.165, 1.54) is 0 Å². The van der Waals surface area contributed by atoms with Gasteiger partial charge in [-0.3, -0.25) is 4.79 Å². The van der Waals surface area contributed by atoms with Gasteiger partial charge in [0, 0.05) is 24.2 Å². The number of primary amides is 1. The van der Waals surface area contributed by atoms with Crippen molar-refractivity contribution in [2.24, 2.45) is 5.73 Å². The van der Waals surface area contributed by atoms with Crippen LogP contribution in [0.15, 0.2) is 48.5 Å². The molecule has 0 bridgehead atoms. The molecule has 10 heteroatoms. The third-order valence-electron chi connectivity index (χ3n) is 5.07. The molecule has 3 N–H and O–H groups in total. The summed E-state index contributed by atoms with van der Waals surface area (Å²) in [6, 6.07) is 13.6.